The third-order valence-corrected chi connectivity index (χ3v) is 5.32. The molecule has 0 saturated carbocycles. The zero-order chi connectivity index (χ0) is 21.3. The fraction of sp³-hybridized carbons (Fsp3) is 0.261. The number of nitrogens with zero attached hydrogens (tertiary/aromatic N) is 3. The van der Waals surface area contributed by atoms with Crippen molar-refractivity contribution in [3.05, 3.63) is 66.1 Å². The highest BCUT2D eigenvalue weighted by Gasteiger charge is 2.26. The largest absolute Gasteiger partial charge is 0.497 e. The maximum absolute atomic E-state index is 13.2. The number of H-pyrrole nitrogens is 1. The summed E-state index contributed by atoms with van der Waals surface area (Å²) in [5.74, 6) is 1.54. The van der Waals surface area contributed by atoms with Crippen molar-refractivity contribution in [2.24, 2.45) is 13.0 Å². The van der Waals surface area contributed by atoms with Gasteiger partial charge in [-0.15, -0.1) is 0 Å². The molecule has 2 aromatic carbocycles. The van der Waals surface area contributed by atoms with E-state index in [1.807, 2.05) is 60.1 Å². The first-order chi connectivity index (χ1) is 14.5. The quantitative estimate of drug-likeness (QED) is 0.508. The number of para-hydroxylation sites is 2. The maximum atomic E-state index is 13.2. The minimum absolute atomic E-state index is 0.154. The lowest BCUT2D eigenvalue weighted by molar-refractivity contribution is 0.0923. The molecule has 0 fully saturated rings. The Balaban J connectivity index is 1.65. The zero-order valence-corrected chi connectivity index (χ0v) is 17.5. The minimum atomic E-state index is -0.242. The van der Waals surface area contributed by atoms with Gasteiger partial charge in [0.2, 0.25) is 0 Å². The van der Waals surface area contributed by atoms with Crippen molar-refractivity contribution in [2.75, 3.05) is 7.11 Å². The molecular weight excluding hydrogens is 378 g/mol. The number of imidazole rings is 1. The number of nitrogens with one attached hydrogen (secondary N) is 2. The molecule has 0 unspecified atom stereocenters. The van der Waals surface area contributed by atoms with E-state index < -0.39 is 0 Å². The highest BCUT2D eigenvalue weighted by molar-refractivity contribution is 6.00. The third-order valence-electron chi connectivity index (χ3n) is 5.32. The monoisotopic (exact) mass is 403 g/mol. The molecule has 0 aliphatic rings. The fourth-order valence-electron chi connectivity index (χ4n) is 3.63. The first-order valence-electron chi connectivity index (χ1n) is 9.89. The van der Waals surface area contributed by atoms with Gasteiger partial charge in [0.05, 0.1) is 41.6 Å². The Morgan fingerprint density at radius 2 is 1.87 bits per heavy atom. The maximum Gasteiger partial charge on any atom is 0.255 e. The molecule has 0 radical (unpaired) electrons. The van der Waals surface area contributed by atoms with Crippen molar-refractivity contribution in [2.45, 2.75) is 19.9 Å². The standard InChI is InChI=1S/C23H25N5O2/c1-14(2)20(22-25-18-7-5-6-8-19(18)28(22)3)26-23(29)17-13-24-27-21(17)15-9-11-16(30-4)12-10-15/h5-14,20H,1-4H3,(H,24,27)(H,26,29)/t20-/m1/s1. The SMILES string of the molecule is COc1ccc(-c2[nH]ncc2C(=O)N[C@@H](c2nc3ccccc3n2C)C(C)C)cc1. The molecule has 2 N–H and O–H groups in total. The highest BCUT2D eigenvalue weighted by Crippen LogP contribution is 2.27. The number of ether oxygens (including phenoxy) is 1. The summed E-state index contributed by atoms with van der Waals surface area (Å²) in [4.78, 5) is 18.0. The van der Waals surface area contributed by atoms with E-state index in [-0.39, 0.29) is 17.9 Å². The summed E-state index contributed by atoms with van der Waals surface area (Å²) in [6.45, 7) is 4.15. The molecule has 2 aromatic heterocycles. The molecule has 7 nitrogen and oxygen atoms in total. The number of amides is 1. The Kier molecular flexibility index (Phi) is 5.27. The van der Waals surface area contributed by atoms with Crippen LogP contribution in [0.2, 0.25) is 0 Å². The average Bonchev–Trinajstić information content (AvgIpc) is 3.37. The van der Waals surface area contributed by atoms with Crippen LogP contribution >= 0.6 is 0 Å². The Hall–Kier alpha value is -3.61. The van der Waals surface area contributed by atoms with Gasteiger partial charge in [-0.2, -0.15) is 5.10 Å². The van der Waals surface area contributed by atoms with Crippen LogP contribution in [0.25, 0.3) is 22.3 Å². The van der Waals surface area contributed by atoms with E-state index in [2.05, 4.69) is 29.4 Å². The van der Waals surface area contributed by atoms with Crippen LogP contribution in [0.15, 0.2) is 54.7 Å². The van der Waals surface area contributed by atoms with E-state index in [4.69, 9.17) is 9.72 Å². The third kappa shape index (κ3) is 3.54. The Morgan fingerprint density at radius 3 is 2.53 bits per heavy atom. The number of hydrogen-bond donors (Lipinski definition) is 2. The Labute approximate surface area is 175 Å². The predicted molar refractivity (Wildman–Crippen MR) is 116 cm³/mol. The van der Waals surface area contributed by atoms with E-state index in [0.29, 0.717) is 11.3 Å². The van der Waals surface area contributed by atoms with E-state index in [1.54, 1.807) is 13.3 Å². The molecule has 0 spiro atoms. The molecule has 154 valence electrons. The molecule has 1 atom stereocenters. The highest BCUT2D eigenvalue weighted by atomic mass is 16.5. The molecule has 4 rings (SSSR count). The molecule has 0 bridgehead atoms. The lowest BCUT2D eigenvalue weighted by Crippen LogP contribution is -2.33. The van der Waals surface area contributed by atoms with E-state index in [0.717, 1.165) is 28.2 Å². The Bertz CT molecular complexity index is 1170. The molecule has 30 heavy (non-hydrogen) atoms. The van der Waals surface area contributed by atoms with E-state index in [1.165, 1.54) is 0 Å². The Morgan fingerprint density at radius 1 is 1.13 bits per heavy atom. The molecule has 0 saturated heterocycles. The second-order valence-corrected chi connectivity index (χ2v) is 7.60. The molecule has 2 heterocycles. The summed E-state index contributed by atoms with van der Waals surface area (Å²) in [6.07, 6.45) is 1.56. The van der Waals surface area contributed by atoms with Crippen molar-refractivity contribution >= 4 is 16.9 Å². The lowest BCUT2D eigenvalue weighted by atomic mass is 10.0. The number of hydrogen-bond acceptors (Lipinski definition) is 4. The van der Waals surface area contributed by atoms with E-state index >= 15 is 0 Å². The van der Waals surface area contributed by atoms with Gasteiger partial charge in [-0.05, 0) is 42.3 Å². The second kappa shape index (κ2) is 8.02. The summed E-state index contributed by atoms with van der Waals surface area (Å²) in [5.41, 5.74) is 3.97. The fourth-order valence-corrected chi connectivity index (χ4v) is 3.63. The van der Waals surface area contributed by atoms with Crippen LogP contribution in [-0.4, -0.2) is 32.8 Å². The van der Waals surface area contributed by atoms with Crippen LogP contribution < -0.4 is 10.1 Å². The first-order valence-corrected chi connectivity index (χ1v) is 9.89. The molecule has 1 amide bonds. The summed E-state index contributed by atoms with van der Waals surface area (Å²) in [7, 11) is 3.60. The summed E-state index contributed by atoms with van der Waals surface area (Å²) < 4.78 is 7.26. The van der Waals surface area contributed by atoms with Crippen LogP contribution in [0.5, 0.6) is 5.75 Å². The molecule has 0 aliphatic carbocycles. The predicted octanol–water partition coefficient (Wildman–Crippen LogP) is 4.10. The topological polar surface area (TPSA) is 84.8 Å². The zero-order valence-electron chi connectivity index (χ0n) is 17.5. The van der Waals surface area contributed by atoms with Crippen molar-refractivity contribution in [3.8, 4) is 17.0 Å². The number of carbonyl (C=O) groups is 1. The smallest absolute Gasteiger partial charge is 0.255 e. The summed E-state index contributed by atoms with van der Waals surface area (Å²) in [5, 5.41) is 10.2. The average molecular weight is 403 g/mol. The van der Waals surface area contributed by atoms with E-state index in [9.17, 15) is 4.79 Å². The number of fused-ring (bicyclic) bond motifs is 1. The van der Waals surface area contributed by atoms with Crippen molar-refractivity contribution in [1.29, 1.82) is 0 Å². The van der Waals surface area contributed by atoms with Crippen molar-refractivity contribution < 1.29 is 9.53 Å². The van der Waals surface area contributed by atoms with Crippen LogP contribution in [0.1, 0.15) is 36.1 Å². The molecule has 7 heteroatoms. The molecule has 4 aromatic rings. The summed E-state index contributed by atoms with van der Waals surface area (Å²) in [6, 6.07) is 15.2. The number of methoxy groups -OCH3 is 1. The number of benzene rings is 2. The molecule has 0 aliphatic heterocycles. The second-order valence-electron chi connectivity index (χ2n) is 7.60. The van der Waals surface area contributed by atoms with Crippen LogP contribution in [0.3, 0.4) is 0 Å². The minimum Gasteiger partial charge on any atom is -0.497 e. The number of carbonyl (C=O) groups excluding carboxylic acids is 1. The van der Waals surface area contributed by atoms with Gasteiger partial charge in [0.25, 0.3) is 5.91 Å². The van der Waals surface area contributed by atoms with Crippen molar-refractivity contribution in [3.63, 3.8) is 0 Å². The van der Waals surface area contributed by atoms with Crippen LogP contribution in [-0.2, 0) is 7.05 Å². The normalized spacial score (nSPS) is 12.3. The number of aromatic nitrogens is 4. The lowest BCUT2D eigenvalue weighted by Gasteiger charge is -2.22. The number of rotatable bonds is 6. The van der Waals surface area contributed by atoms with Gasteiger partial charge >= 0.3 is 0 Å². The van der Waals surface area contributed by atoms with Crippen LogP contribution in [0.4, 0.5) is 0 Å². The van der Waals surface area contributed by atoms with Crippen LogP contribution in [0, 0.1) is 5.92 Å². The van der Waals surface area contributed by atoms with Gasteiger partial charge in [-0.25, -0.2) is 4.98 Å². The summed E-state index contributed by atoms with van der Waals surface area (Å²) >= 11 is 0. The van der Waals surface area contributed by atoms with Gasteiger partial charge in [-0.1, -0.05) is 26.0 Å². The van der Waals surface area contributed by atoms with Crippen molar-refractivity contribution in [1.82, 2.24) is 25.1 Å². The van der Waals surface area contributed by atoms with Gasteiger partial charge in [0.1, 0.15) is 11.6 Å². The molecular formula is C23H25N5O2. The number of aryl methyl sites for hydroxylation is 1. The van der Waals surface area contributed by atoms with Gasteiger partial charge in [0, 0.05) is 12.6 Å². The van der Waals surface area contributed by atoms with Gasteiger partial charge in [0.15, 0.2) is 0 Å². The van der Waals surface area contributed by atoms with Gasteiger partial charge < -0.3 is 14.6 Å². The first kappa shape index (κ1) is 19.7. The number of aromatic amines is 1. The van der Waals surface area contributed by atoms with Gasteiger partial charge in [-0.3, -0.25) is 9.89 Å².